The number of β-amino-alcohol motifs (C(OH)–C–C–N with tert-alkyl or cyclic N) is 1. The van der Waals surface area contributed by atoms with Gasteiger partial charge in [-0.3, -0.25) is 19.3 Å². The van der Waals surface area contributed by atoms with Gasteiger partial charge >= 0.3 is 0 Å². The molecule has 2 N–H and O–H groups in total. The van der Waals surface area contributed by atoms with E-state index in [2.05, 4.69) is 29.0 Å². The maximum absolute atomic E-state index is 13.5. The zero-order valence-corrected chi connectivity index (χ0v) is 22.1. The van der Waals surface area contributed by atoms with Gasteiger partial charge in [0.15, 0.2) is 5.78 Å². The lowest BCUT2D eigenvalue weighted by molar-refractivity contribution is -0.138. The summed E-state index contributed by atoms with van der Waals surface area (Å²) in [6.45, 7) is 14.2. The molecule has 0 aromatic heterocycles. The van der Waals surface area contributed by atoms with Gasteiger partial charge in [0, 0.05) is 43.5 Å². The number of ether oxygens (including phenoxy) is 1. The first-order valence-corrected chi connectivity index (χ1v) is 13.0. The molecule has 3 aliphatic rings. The quantitative estimate of drug-likeness (QED) is 0.607. The van der Waals surface area contributed by atoms with Gasteiger partial charge in [0.1, 0.15) is 30.9 Å². The number of aliphatic hydroxyl groups excluding tert-OH is 1. The van der Waals surface area contributed by atoms with Crippen molar-refractivity contribution in [1.82, 2.24) is 15.1 Å². The summed E-state index contributed by atoms with van der Waals surface area (Å²) in [6.07, 6.45) is -1.21. The zero-order chi connectivity index (χ0) is 26.2. The van der Waals surface area contributed by atoms with Crippen molar-refractivity contribution < 1.29 is 24.2 Å². The van der Waals surface area contributed by atoms with Crippen molar-refractivity contribution in [1.29, 1.82) is 0 Å². The Morgan fingerprint density at radius 2 is 1.75 bits per heavy atom. The van der Waals surface area contributed by atoms with Crippen molar-refractivity contribution in [3.05, 3.63) is 29.8 Å². The summed E-state index contributed by atoms with van der Waals surface area (Å²) in [5.74, 6) is -0.905. The molecule has 9 nitrogen and oxygen atoms in total. The lowest BCUT2D eigenvalue weighted by Crippen LogP contribution is -2.53. The molecule has 36 heavy (non-hydrogen) atoms. The average molecular weight is 501 g/mol. The van der Waals surface area contributed by atoms with Gasteiger partial charge in [-0.15, -0.1) is 0 Å². The number of rotatable bonds is 6. The maximum Gasteiger partial charge on any atom is 0.251 e. The number of amides is 2. The number of carbonyl (C=O) groups is 3. The second-order valence-corrected chi connectivity index (χ2v) is 11.7. The van der Waals surface area contributed by atoms with E-state index in [-0.39, 0.29) is 36.2 Å². The van der Waals surface area contributed by atoms with Crippen LogP contribution in [0.4, 0.5) is 5.69 Å². The molecule has 2 amide bonds. The highest BCUT2D eigenvalue weighted by molar-refractivity contribution is 5.99. The van der Waals surface area contributed by atoms with Crippen molar-refractivity contribution in [2.24, 2.45) is 5.41 Å². The molecule has 3 aliphatic heterocycles. The summed E-state index contributed by atoms with van der Waals surface area (Å²) in [6, 6.07) is 6.43. The molecule has 1 aromatic carbocycles. The van der Waals surface area contributed by atoms with Crippen molar-refractivity contribution in [2.75, 3.05) is 44.2 Å². The second kappa shape index (κ2) is 10.5. The van der Waals surface area contributed by atoms with E-state index >= 15 is 0 Å². The van der Waals surface area contributed by atoms with Crippen LogP contribution in [0.5, 0.6) is 0 Å². The largest absolute Gasteiger partial charge is 0.388 e. The fourth-order valence-electron chi connectivity index (χ4n) is 5.43. The Morgan fingerprint density at radius 3 is 2.33 bits per heavy atom. The highest BCUT2D eigenvalue weighted by atomic mass is 16.5. The first-order valence-electron chi connectivity index (χ1n) is 13.0. The Kier molecular flexibility index (Phi) is 7.73. The monoisotopic (exact) mass is 500 g/mol. The summed E-state index contributed by atoms with van der Waals surface area (Å²) in [5, 5.41) is 13.2. The van der Waals surface area contributed by atoms with Gasteiger partial charge < -0.3 is 25.0 Å². The number of ketones is 1. The number of hydrogen-bond acceptors (Lipinski definition) is 7. The molecular weight excluding hydrogens is 460 g/mol. The molecular formula is C27H40N4O5. The van der Waals surface area contributed by atoms with Crippen molar-refractivity contribution >= 4 is 23.3 Å². The number of fused-ring (bicyclic) bond motifs is 1. The van der Waals surface area contributed by atoms with Gasteiger partial charge in [0.2, 0.25) is 5.91 Å². The number of benzene rings is 1. The first-order chi connectivity index (χ1) is 16.9. The van der Waals surface area contributed by atoms with Crippen LogP contribution in [0, 0.1) is 5.41 Å². The number of Topliss-reactive ketones (excluding diaryl/α,β-unsaturated/α-hetero) is 1. The highest BCUT2D eigenvalue weighted by Gasteiger charge is 2.53. The Morgan fingerprint density at radius 1 is 1.11 bits per heavy atom. The van der Waals surface area contributed by atoms with Crippen LogP contribution in [-0.4, -0.2) is 102 Å². The van der Waals surface area contributed by atoms with Crippen LogP contribution in [-0.2, 0) is 14.3 Å². The second-order valence-electron chi connectivity index (χ2n) is 11.7. The summed E-state index contributed by atoms with van der Waals surface area (Å²) < 4.78 is 5.40. The van der Waals surface area contributed by atoms with Crippen LogP contribution >= 0.6 is 0 Å². The van der Waals surface area contributed by atoms with Crippen molar-refractivity contribution in [2.45, 2.75) is 71.4 Å². The highest BCUT2D eigenvalue weighted by Crippen LogP contribution is 2.30. The van der Waals surface area contributed by atoms with Gasteiger partial charge in [0.25, 0.3) is 5.91 Å². The van der Waals surface area contributed by atoms with E-state index in [9.17, 15) is 19.5 Å². The third kappa shape index (κ3) is 5.74. The molecule has 0 aliphatic carbocycles. The topological polar surface area (TPSA) is 102 Å². The molecule has 198 valence electrons. The lowest BCUT2D eigenvalue weighted by atomic mass is 9.87. The SMILES string of the molecule is CC(C)N1CCN(c2ccc(C(=O)N[C@@H](CC(C)(C)C)C(=O)N3C[C@@H](O)[C@H]4OCC(=O)[C@H]43)cc2)CC1. The van der Waals surface area contributed by atoms with Crippen LogP contribution < -0.4 is 10.2 Å². The Balaban J connectivity index is 1.44. The molecule has 0 bridgehead atoms. The summed E-state index contributed by atoms with van der Waals surface area (Å²) in [7, 11) is 0. The van der Waals surface area contributed by atoms with Crippen LogP contribution in [0.2, 0.25) is 0 Å². The van der Waals surface area contributed by atoms with E-state index in [0.717, 1.165) is 31.9 Å². The molecule has 0 unspecified atom stereocenters. The Labute approximate surface area is 213 Å². The fourth-order valence-corrected chi connectivity index (χ4v) is 5.43. The van der Waals surface area contributed by atoms with E-state index in [4.69, 9.17) is 4.74 Å². The molecule has 0 radical (unpaired) electrons. The lowest BCUT2D eigenvalue weighted by Gasteiger charge is -2.38. The zero-order valence-electron chi connectivity index (χ0n) is 22.1. The van der Waals surface area contributed by atoms with Gasteiger partial charge in [-0.2, -0.15) is 0 Å². The molecule has 4 atom stereocenters. The molecule has 3 heterocycles. The molecule has 0 saturated carbocycles. The minimum absolute atomic E-state index is 0.0230. The smallest absolute Gasteiger partial charge is 0.251 e. The van der Waals surface area contributed by atoms with E-state index in [1.165, 1.54) is 4.90 Å². The predicted octanol–water partition coefficient (Wildman–Crippen LogP) is 1.29. The third-order valence-corrected chi connectivity index (χ3v) is 7.40. The number of aliphatic hydroxyl groups is 1. The van der Waals surface area contributed by atoms with Crippen LogP contribution in [0.1, 0.15) is 51.4 Å². The Hall–Kier alpha value is -2.49. The molecule has 3 fully saturated rings. The van der Waals surface area contributed by atoms with Gasteiger partial charge in [-0.05, 0) is 49.9 Å². The minimum atomic E-state index is -0.911. The molecule has 4 rings (SSSR count). The molecule has 0 spiro atoms. The molecule has 3 saturated heterocycles. The van der Waals surface area contributed by atoms with E-state index < -0.39 is 24.3 Å². The number of nitrogens with one attached hydrogen (secondary N) is 1. The molecule has 1 aromatic rings. The normalized spacial score (nSPS) is 25.9. The average Bonchev–Trinajstić information content (AvgIpc) is 3.37. The van der Waals surface area contributed by atoms with Crippen LogP contribution in [0.25, 0.3) is 0 Å². The van der Waals surface area contributed by atoms with E-state index in [1.54, 1.807) is 12.1 Å². The van der Waals surface area contributed by atoms with E-state index in [1.807, 2.05) is 32.9 Å². The van der Waals surface area contributed by atoms with Crippen LogP contribution in [0.15, 0.2) is 24.3 Å². The fraction of sp³-hybridized carbons (Fsp3) is 0.667. The van der Waals surface area contributed by atoms with Crippen molar-refractivity contribution in [3.63, 3.8) is 0 Å². The van der Waals surface area contributed by atoms with Crippen LogP contribution in [0.3, 0.4) is 0 Å². The third-order valence-electron chi connectivity index (χ3n) is 7.40. The summed E-state index contributed by atoms with van der Waals surface area (Å²) >= 11 is 0. The number of hydrogen-bond donors (Lipinski definition) is 2. The molecule has 9 heteroatoms. The van der Waals surface area contributed by atoms with Crippen molar-refractivity contribution in [3.8, 4) is 0 Å². The summed E-state index contributed by atoms with van der Waals surface area (Å²) in [5.41, 5.74) is 1.31. The Bertz CT molecular complexity index is 965. The predicted molar refractivity (Wildman–Crippen MR) is 137 cm³/mol. The number of nitrogens with zero attached hydrogens (tertiary/aromatic N) is 3. The first kappa shape index (κ1) is 26.6. The van der Waals surface area contributed by atoms with E-state index in [0.29, 0.717) is 18.0 Å². The van der Waals surface area contributed by atoms with Gasteiger partial charge in [-0.25, -0.2) is 0 Å². The standard InChI is InChI=1S/C27H40N4O5/c1-17(2)29-10-12-30(13-11-29)19-8-6-18(7-9-19)25(34)28-20(14-27(3,4)5)26(35)31-15-21(32)24-23(31)22(33)16-36-24/h6-9,17,20-21,23-24,32H,10-16H2,1-5H3,(H,28,34)/t20-,21+,23+,24+/m0/s1. The minimum Gasteiger partial charge on any atom is -0.388 e. The number of piperazine rings is 1. The number of carbonyl (C=O) groups excluding carboxylic acids is 3. The van der Waals surface area contributed by atoms with Gasteiger partial charge in [-0.1, -0.05) is 20.8 Å². The summed E-state index contributed by atoms with van der Waals surface area (Å²) in [4.78, 5) is 45.2. The number of anilines is 1. The van der Waals surface area contributed by atoms with Gasteiger partial charge in [0.05, 0.1) is 6.54 Å². The number of likely N-dealkylation sites (tertiary alicyclic amines) is 1. The maximum atomic E-state index is 13.5.